The first kappa shape index (κ1) is 24.0. The zero-order valence-corrected chi connectivity index (χ0v) is 20.1. The molecule has 0 saturated carbocycles. The van der Waals surface area contributed by atoms with E-state index in [0.717, 1.165) is 0 Å². The Morgan fingerprint density at radius 2 is 2.06 bits per heavy atom. The number of aromatic nitrogens is 2. The molecule has 8 nitrogen and oxygen atoms in total. The number of hydrogen-bond donors (Lipinski definition) is 1. The monoisotopic (exact) mass is 488 g/mol. The molecule has 1 aliphatic rings. The van der Waals surface area contributed by atoms with Crippen LogP contribution in [0.2, 0.25) is 5.02 Å². The van der Waals surface area contributed by atoms with E-state index in [1.54, 1.807) is 25.3 Å². The summed E-state index contributed by atoms with van der Waals surface area (Å²) in [6.45, 7) is 6.93. The van der Waals surface area contributed by atoms with E-state index in [2.05, 4.69) is 15.3 Å². The molecule has 180 valence electrons. The van der Waals surface area contributed by atoms with Crippen LogP contribution in [0, 0.1) is 5.82 Å². The number of cyclic esters (lactones) is 1. The second kappa shape index (κ2) is 9.60. The molecule has 2 aromatic carbocycles. The number of fused-ring (bicyclic) bond motifs is 1. The van der Waals surface area contributed by atoms with Crippen molar-refractivity contribution in [2.75, 3.05) is 32.1 Å². The number of benzene rings is 2. The standard InChI is InChI=1S/C24H26ClFN4O4/c1-14(30-10-22(31)34-24(2,3)12-30)11-33-21-8-16-19(9-20(21)32-4)27-13-28-23(16)29-15-5-6-18(26)17(25)7-15/h5-9,13-14H,10-12H2,1-4H3,(H,27,28,29). The van der Waals surface area contributed by atoms with E-state index in [-0.39, 0.29) is 23.6 Å². The highest BCUT2D eigenvalue weighted by Crippen LogP contribution is 2.35. The third kappa shape index (κ3) is 5.31. The van der Waals surface area contributed by atoms with Crippen molar-refractivity contribution < 1.29 is 23.4 Å². The number of anilines is 2. The SMILES string of the molecule is COc1cc2ncnc(Nc3ccc(F)c(Cl)c3)c2cc1OCC(C)N1CC(=O)OC(C)(C)C1. The van der Waals surface area contributed by atoms with E-state index in [0.29, 0.717) is 47.1 Å². The molecule has 0 bridgehead atoms. The number of morpholine rings is 1. The third-order valence-electron chi connectivity index (χ3n) is 5.51. The van der Waals surface area contributed by atoms with Crippen LogP contribution in [0.15, 0.2) is 36.7 Å². The molecule has 10 heteroatoms. The summed E-state index contributed by atoms with van der Waals surface area (Å²) in [5, 5.41) is 3.85. The first-order valence-corrected chi connectivity index (χ1v) is 11.2. The summed E-state index contributed by atoms with van der Waals surface area (Å²) in [6.07, 6.45) is 1.43. The second-order valence-electron chi connectivity index (χ2n) is 8.80. The molecule has 1 unspecified atom stereocenters. The lowest BCUT2D eigenvalue weighted by molar-refractivity contribution is -0.171. The van der Waals surface area contributed by atoms with E-state index in [1.807, 2.05) is 25.7 Å². The van der Waals surface area contributed by atoms with Gasteiger partial charge in [-0.15, -0.1) is 0 Å². The van der Waals surface area contributed by atoms with Crippen LogP contribution in [0.5, 0.6) is 11.5 Å². The van der Waals surface area contributed by atoms with Gasteiger partial charge >= 0.3 is 5.97 Å². The van der Waals surface area contributed by atoms with Gasteiger partial charge in [-0.05, 0) is 45.0 Å². The van der Waals surface area contributed by atoms with Gasteiger partial charge in [-0.1, -0.05) is 11.6 Å². The molecule has 1 aromatic heterocycles. The number of carbonyl (C=O) groups excluding carboxylic acids is 1. The highest BCUT2D eigenvalue weighted by atomic mass is 35.5. The normalized spacial score (nSPS) is 16.7. The molecule has 1 N–H and O–H groups in total. The van der Waals surface area contributed by atoms with Crippen molar-refractivity contribution in [2.45, 2.75) is 32.4 Å². The van der Waals surface area contributed by atoms with E-state index in [4.69, 9.17) is 25.8 Å². The number of nitrogens with zero attached hydrogens (tertiary/aromatic N) is 3. The fraction of sp³-hybridized carbons (Fsp3) is 0.375. The Bertz CT molecular complexity index is 1220. The predicted octanol–water partition coefficient (Wildman–Crippen LogP) is 4.58. The average molecular weight is 489 g/mol. The van der Waals surface area contributed by atoms with Crippen LogP contribution in [-0.2, 0) is 9.53 Å². The number of nitrogens with one attached hydrogen (secondary N) is 1. The van der Waals surface area contributed by atoms with Gasteiger partial charge in [0.25, 0.3) is 0 Å². The lowest BCUT2D eigenvalue weighted by Gasteiger charge is -2.40. The number of halogens is 2. The Kier molecular flexibility index (Phi) is 6.77. The number of ether oxygens (including phenoxy) is 3. The van der Waals surface area contributed by atoms with Gasteiger partial charge in [0.15, 0.2) is 11.5 Å². The summed E-state index contributed by atoms with van der Waals surface area (Å²) in [7, 11) is 1.56. The van der Waals surface area contributed by atoms with Crippen molar-refractivity contribution in [3.63, 3.8) is 0 Å². The Morgan fingerprint density at radius 1 is 1.26 bits per heavy atom. The Labute approximate surface area is 202 Å². The van der Waals surface area contributed by atoms with Gasteiger partial charge in [0, 0.05) is 29.7 Å². The van der Waals surface area contributed by atoms with Crippen LogP contribution < -0.4 is 14.8 Å². The second-order valence-corrected chi connectivity index (χ2v) is 9.20. The number of esters is 1. The zero-order valence-electron chi connectivity index (χ0n) is 19.4. The average Bonchev–Trinajstić information content (AvgIpc) is 2.78. The Balaban J connectivity index is 1.57. The van der Waals surface area contributed by atoms with Crippen molar-refractivity contribution in [3.8, 4) is 11.5 Å². The zero-order chi connectivity index (χ0) is 24.5. The van der Waals surface area contributed by atoms with Crippen molar-refractivity contribution in [2.24, 2.45) is 0 Å². The van der Waals surface area contributed by atoms with Crippen molar-refractivity contribution >= 4 is 40.0 Å². The first-order chi connectivity index (χ1) is 16.1. The molecule has 1 fully saturated rings. The lowest BCUT2D eigenvalue weighted by atomic mass is 10.1. The van der Waals surface area contributed by atoms with Crippen molar-refractivity contribution in [1.82, 2.24) is 14.9 Å². The van der Waals surface area contributed by atoms with Gasteiger partial charge in [0.05, 0.1) is 24.2 Å². The molecule has 34 heavy (non-hydrogen) atoms. The number of carbonyl (C=O) groups is 1. The minimum absolute atomic E-state index is 0.00723. The van der Waals surface area contributed by atoms with E-state index < -0.39 is 11.4 Å². The fourth-order valence-electron chi connectivity index (χ4n) is 3.86. The molecule has 2 heterocycles. The number of methoxy groups -OCH3 is 1. The quantitative estimate of drug-likeness (QED) is 0.484. The summed E-state index contributed by atoms with van der Waals surface area (Å²) < 4.78 is 30.6. The molecular weight excluding hydrogens is 463 g/mol. The van der Waals surface area contributed by atoms with Gasteiger partial charge in [0.1, 0.15) is 30.2 Å². The maximum Gasteiger partial charge on any atom is 0.320 e. The molecule has 0 amide bonds. The highest BCUT2D eigenvalue weighted by Gasteiger charge is 2.35. The van der Waals surface area contributed by atoms with Gasteiger partial charge in [-0.25, -0.2) is 14.4 Å². The van der Waals surface area contributed by atoms with Crippen LogP contribution in [-0.4, -0.2) is 59.3 Å². The van der Waals surface area contributed by atoms with Crippen molar-refractivity contribution in [1.29, 1.82) is 0 Å². The molecule has 0 aliphatic carbocycles. The topological polar surface area (TPSA) is 85.8 Å². The Hall–Kier alpha value is -3.17. The lowest BCUT2D eigenvalue weighted by Crippen LogP contribution is -2.54. The molecule has 1 atom stereocenters. The maximum absolute atomic E-state index is 13.5. The number of hydrogen-bond acceptors (Lipinski definition) is 8. The molecular formula is C24H26ClFN4O4. The summed E-state index contributed by atoms with van der Waals surface area (Å²) in [6, 6.07) is 7.86. The summed E-state index contributed by atoms with van der Waals surface area (Å²) >= 11 is 5.91. The maximum atomic E-state index is 13.5. The van der Waals surface area contributed by atoms with Crippen LogP contribution in [0.1, 0.15) is 20.8 Å². The highest BCUT2D eigenvalue weighted by molar-refractivity contribution is 6.31. The van der Waals surface area contributed by atoms with Gasteiger partial charge in [-0.3, -0.25) is 9.69 Å². The minimum atomic E-state index is -0.550. The summed E-state index contributed by atoms with van der Waals surface area (Å²) in [5.41, 5.74) is 0.673. The van der Waals surface area contributed by atoms with Gasteiger partial charge in [-0.2, -0.15) is 0 Å². The smallest absolute Gasteiger partial charge is 0.320 e. The van der Waals surface area contributed by atoms with Gasteiger partial charge < -0.3 is 19.5 Å². The van der Waals surface area contributed by atoms with E-state index in [1.165, 1.54) is 18.5 Å². The molecule has 1 aliphatic heterocycles. The fourth-order valence-corrected chi connectivity index (χ4v) is 4.04. The largest absolute Gasteiger partial charge is 0.493 e. The van der Waals surface area contributed by atoms with Crippen LogP contribution in [0.25, 0.3) is 10.9 Å². The van der Waals surface area contributed by atoms with E-state index >= 15 is 0 Å². The first-order valence-electron chi connectivity index (χ1n) is 10.8. The molecule has 4 rings (SSSR count). The molecule has 0 radical (unpaired) electrons. The molecule has 3 aromatic rings. The van der Waals surface area contributed by atoms with Crippen LogP contribution in [0.4, 0.5) is 15.9 Å². The molecule has 1 saturated heterocycles. The van der Waals surface area contributed by atoms with Crippen molar-refractivity contribution in [3.05, 3.63) is 47.5 Å². The summed E-state index contributed by atoms with van der Waals surface area (Å²) in [5.74, 6) is 0.789. The van der Waals surface area contributed by atoms with Gasteiger partial charge in [0.2, 0.25) is 0 Å². The van der Waals surface area contributed by atoms with Crippen LogP contribution >= 0.6 is 11.6 Å². The van der Waals surface area contributed by atoms with Crippen LogP contribution in [0.3, 0.4) is 0 Å². The predicted molar refractivity (Wildman–Crippen MR) is 127 cm³/mol. The Morgan fingerprint density at radius 3 is 2.76 bits per heavy atom. The van der Waals surface area contributed by atoms with E-state index in [9.17, 15) is 9.18 Å². The minimum Gasteiger partial charge on any atom is -0.493 e. The third-order valence-corrected chi connectivity index (χ3v) is 5.80. The number of rotatable bonds is 7. The molecule has 0 spiro atoms. The summed E-state index contributed by atoms with van der Waals surface area (Å²) in [4.78, 5) is 22.7.